The third kappa shape index (κ3) is 2.90. The molecule has 5 nitrogen and oxygen atoms in total. The van der Waals surface area contributed by atoms with Crippen molar-refractivity contribution in [2.75, 3.05) is 7.11 Å². The summed E-state index contributed by atoms with van der Waals surface area (Å²) < 4.78 is 6.26. The van der Waals surface area contributed by atoms with Gasteiger partial charge in [0.2, 0.25) is 0 Å². The maximum atomic E-state index is 11.1. The van der Waals surface area contributed by atoms with Gasteiger partial charge in [-0.15, -0.1) is 0 Å². The number of rotatable bonds is 5. The molecule has 15 heavy (non-hydrogen) atoms. The number of ether oxygens (including phenoxy) is 1. The Morgan fingerprint density at radius 2 is 2.47 bits per heavy atom. The van der Waals surface area contributed by atoms with Crippen molar-refractivity contribution >= 4 is 12.3 Å². The summed E-state index contributed by atoms with van der Waals surface area (Å²) in [6, 6.07) is 0. The summed E-state index contributed by atoms with van der Waals surface area (Å²) in [5.74, 6) is -1.24. The smallest absolute Gasteiger partial charge is 0.316 e. The number of hydrogen-bond donors (Lipinski definition) is 0. The molecule has 0 aliphatic carbocycles. The lowest BCUT2D eigenvalue weighted by atomic mass is 10.0. The van der Waals surface area contributed by atoms with Gasteiger partial charge in [0.05, 0.1) is 13.3 Å². The molecule has 0 aromatic carbocycles. The molecule has 0 amide bonds. The Hall–Kier alpha value is -1.65. The van der Waals surface area contributed by atoms with E-state index in [2.05, 4.69) is 9.84 Å². The average molecular weight is 210 g/mol. The van der Waals surface area contributed by atoms with E-state index in [1.165, 1.54) is 7.11 Å². The van der Waals surface area contributed by atoms with Crippen molar-refractivity contribution in [3.63, 3.8) is 0 Å². The molecule has 0 aliphatic heterocycles. The number of aromatic nitrogens is 2. The van der Waals surface area contributed by atoms with Crippen molar-refractivity contribution in [2.24, 2.45) is 5.92 Å². The number of esters is 1. The van der Waals surface area contributed by atoms with Crippen LogP contribution in [0.5, 0.6) is 0 Å². The highest BCUT2D eigenvalue weighted by Crippen LogP contribution is 2.07. The summed E-state index contributed by atoms with van der Waals surface area (Å²) in [7, 11) is 1.27. The summed E-state index contributed by atoms with van der Waals surface area (Å²) in [6.07, 6.45) is 4.42. The average Bonchev–Trinajstić information content (AvgIpc) is 2.72. The predicted octanol–water partition coefficient (Wildman–Crippen LogP) is 0.434. The van der Waals surface area contributed by atoms with Crippen LogP contribution in [0.4, 0.5) is 0 Å². The molecule has 0 N–H and O–H groups in total. The number of aldehydes is 1. The number of methoxy groups -OCH3 is 1. The van der Waals surface area contributed by atoms with Gasteiger partial charge in [0.1, 0.15) is 12.2 Å². The standard InChI is InChI=1S/C10H14N2O3/c1-3-12-6-8(5-11-12)4-9(7-13)10(14)15-2/h5-7,9H,3-4H2,1-2H3. The van der Waals surface area contributed by atoms with Crippen LogP contribution < -0.4 is 0 Å². The van der Waals surface area contributed by atoms with E-state index in [-0.39, 0.29) is 0 Å². The maximum Gasteiger partial charge on any atom is 0.316 e. The van der Waals surface area contributed by atoms with Crippen LogP contribution in [-0.2, 0) is 27.3 Å². The quantitative estimate of drug-likeness (QED) is 0.402. The lowest BCUT2D eigenvalue weighted by molar-refractivity contribution is -0.146. The molecule has 1 unspecified atom stereocenters. The Kier molecular flexibility index (Phi) is 4.03. The zero-order valence-corrected chi connectivity index (χ0v) is 8.84. The van der Waals surface area contributed by atoms with E-state index in [9.17, 15) is 9.59 Å². The lowest BCUT2D eigenvalue weighted by Crippen LogP contribution is -2.19. The Labute approximate surface area is 88.0 Å². The van der Waals surface area contributed by atoms with Gasteiger partial charge in [-0.1, -0.05) is 0 Å². The Morgan fingerprint density at radius 1 is 1.73 bits per heavy atom. The van der Waals surface area contributed by atoms with Gasteiger partial charge in [0, 0.05) is 12.7 Å². The van der Waals surface area contributed by atoms with Gasteiger partial charge in [-0.2, -0.15) is 5.10 Å². The highest BCUT2D eigenvalue weighted by Gasteiger charge is 2.19. The van der Waals surface area contributed by atoms with E-state index in [4.69, 9.17) is 0 Å². The second kappa shape index (κ2) is 5.29. The van der Waals surface area contributed by atoms with E-state index < -0.39 is 11.9 Å². The molecule has 0 fully saturated rings. The summed E-state index contributed by atoms with van der Waals surface area (Å²) in [5.41, 5.74) is 0.861. The first-order chi connectivity index (χ1) is 7.21. The zero-order chi connectivity index (χ0) is 11.3. The topological polar surface area (TPSA) is 61.2 Å². The highest BCUT2D eigenvalue weighted by atomic mass is 16.5. The monoisotopic (exact) mass is 210 g/mol. The van der Waals surface area contributed by atoms with Crippen molar-refractivity contribution in [3.8, 4) is 0 Å². The minimum Gasteiger partial charge on any atom is -0.468 e. The first kappa shape index (κ1) is 11.4. The van der Waals surface area contributed by atoms with Crippen molar-refractivity contribution in [3.05, 3.63) is 18.0 Å². The third-order valence-electron chi connectivity index (χ3n) is 2.13. The molecular formula is C10H14N2O3. The number of hydrogen-bond acceptors (Lipinski definition) is 4. The Morgan fingerprint density at radius 3 is 2.93 bits per heavy atom. The molecule has 1 atom stereocenters. The molecule has 0 aliphatic rings. The van der Waals surface area contributed by atoms with Crippen LogP contribution in [-0.4, -0.2) is 29.1 Å². The Bertz CT molecular complexity index is 346. The first-order valence-corrected chi connectivity index (χ1v) is 4.75. The van der Waals surface area contributed by atoms with Gasteiger partial charge < -0.3 is 9.53 Å². The van der Waals surface area contributed by atoms with E-state index in [1.807, 2.05) is 13.1 Å². The number of carbonyl (C=O) groups is 2. The fraction of sp³-hybridized carbons (Fsp3) is 0.500. The van der Waals surface area contributed by atoms with E-state index in [0.717, 1.165) is 12.1 Å². The van der Waals surface area contributed by atoms with E-state index >= 15 is 0 Å². The van der Waals surface area contributed by atoms with Crippen LogP contribution in [0, 0.1) is 5.92 Å². The molecule has 1 heterocycles. The zero-order valence-electron chi connectivity index (χ0n) is 8.84. The molecule has 0 saturated heterocycles. The van der Waals surface area contributed by atoms with Crippen molar-refractivity contribution in [1.29, 1.82) is 0 Å². The SMILES string of the molecule is CCn1cc(CC(C=O)C(=O)OC)cn1. The van der Waals surface area contributed by atoms with Crippen LogP contribution in [0.15, 0.2) is 12.4 Å². The highest BCUT2D eigenvalue weighted by molar-refractivity contribution is 5.87. The number of nitrogens with zero attached hydrogens (tertiary/aromatic N) is 2. The normalized spacial score (nSPS) is 12.1. The fourth-order valence-electron chi connectivity index (χ4n) is 1.28. The Balaban J connectivity index is 2.66. The third-order valence-corrected chi connectivity index (χ3v) is 2.13. The molecule has 1 rings (SSSR count). The number of carbonyl (C=O) groups excluding carboxylic acids is 2. The van der Waals surface area contributed by atoms with Crippen LogP contribution in [0.1, 0.15) is 12.5 Å². The van der Waals surface area contributed by atoms with Crippen LogP contribution >= 0.6 is 0 Å². The minimum atomic E-state index is -0.732. The molecular weight excluding hydrogens is 196 g/mol. The van der Waals surface area contributed by atoms with Crippen LogP contribution in [0.3, 0.4) is 0 Å². The molecule has 1 aromatic heterocycles. The molecule has 0 spiro atoms. The second-order valence-corrected chi connectivity index (χ2v) is 3.17. The molecule has 0 bridgehead atoms. The van der Waals surface area contributed by atoms with Crippen LogP contribution in [0.25, 0.3) is 0 Å². The van der Waals surface area contributed by atoms with Gasteiger partial charge in [-0.3, -0.25) is 9.48 Å². The summed E-state index contributed by atoms with van der Waals surface area (Å²) in [4.78, 5) is 21.8. The van der Waals surface area contributed by atoms with E-state index in [0.29, 0.717) is 12.7 Å². The molecule has 82 valence electrons. The second-order valence-electron chi connectivity index (χ2n) is 3.17. The lowest BCUT2D eigenvalue weighted by Gasteiger charge is -2.05. The summed E-state index contributed by atoms with van der Waals surface area (Å²) >= 11 is 0. The molecule has 0 saturated carbocycles. The van der Waals surface area contributed by atoms with Gasteiger partial charge in [0.15, 0.2) is 0 Å². The van der Waals surface area contributed by atoms with Gasteiger partial charge >= 0.3 is 5.97 Å². The molecule has 0 radical (unpaired) electrons. The summed E-state index contributed by atoms with van der Waals surface area (Å²) in [6.45, 7) is 2.73. The predicted molar refractivity (Wildman–Crippen MR) is 53.2 cm³/mol. The van der Waals surface area contributed by atoms with Gasteiger partial charge in [-0.05, 0) is 18.9 Å². The fourth-order valence-corrected chi connectivity index (χ4v) is 1.28. The van der Waals surface area contributed by atoms with E-state index in [1.54, 1.807) is 10.9 Å². The summed E-state index contributed by atoms with van der Waals surface area (Å²) in [5, 5.41) is 4.06. The maximum absolute atomic E-state index is 11.1. The molecule has 5 heteroatoms. The largest absolute Gasteiger partial charge is 0.468 e. The molecule has 1 aromatic rings. The van der Waals surface area contributed by atoms with Crippen molar-refractivity contribution < 1.29 is 14.3 Å². The first-order valence-electron chi connectivity index (χ1n) is 4.75. The van der Waals surface area contributed by atoms with Crippen molar-refractivity contribution in [1.82, 2.24) is 9.78 Å². The number of aryl methyl sites for hydroxylation is 1. The minimum absolute atomic E-state index is 0.343. The van der Waals surface area contributed by atoms with Crippen molar-refractivity contribution in [2.45, 2.75) is 19.9 Å². The van der Waals surface area contributed by atoms with Gasteiger partial charge in [-0.25, -0.2) is 0 Å². The van der Waals surface area contributed by atoms with Crippen LogP contribution in [0.2, 0.25) is 0 Å². The van der Waals surface area contributed by atoms with Gasteiger partial charge in [0.25, 0.3) is 0 Å².